The van der Waals surface area contributed by atoms with E-state index >= 15 is 0 Å². The van der Waals surface area contributed by atoms with Gasteiger partial charge in [0.05, 0.1) is 27.1 Å². The van der Waals surface area contributed by atoms with E-state index in [0.717, 1.165) is 25.0 Å². The number of nitrogens with zero attached hydrogens (tertiary/aromatic N) is 2. The second-order valence-electron chi connectivity index (χ2n) is 8.97. The number of methoxy groups -OCH3 is 3. The van der Waals surface area contributed by atoms with Gasteiger partial charge in [-0.2, -0.15) is 0 Å². The molecule has 2 amide bonds. The SMILES string of the molecule is COC1=CCCC(OC)=CC(C(=O)N(C)C(CCNC(=O)c2cccc(OC)n2)CCc2ccccc2)=C1. The predicted molar refractivity (Wildman–Crippen MR) is 147 cm³/mol. The average molecular weight is 520 g/mol. The number of nitrogens with one attached hydrogen (secondary N) is 1. The highest BCUT2D eigenvalue weighted by Crippen LogP contribution is 2.21. The third-order valence-electron chi connectivity index (χ3n) is 6.50. The van der Waals surface area contributed by atoms with Gasteiger partial charge in [-0.25, -0.2) is 4.98 Å². The fraction of sp³-hybridized carbons (Fsp3) is 0.367. The molecule has 8 nitrogen and oxygen atoms in total. The van der Waals surface area contributed by atoms with Crippen molar-refractivity contribution in [2.75, 3.05) is 34.9 Å². The first kappa shape index (κ1) is 28.5. The lowest BCUT2D eigenvalue weighted by molar-refractivity contribution is -0.127. The van der Waals surface area contributed by atoms with E-state index in [9.17, 15) is 9.59 Å². The molecule has 1 N–H and O–H groups in total. The molecule has 0 bridgehead atoms. The van der Waals surface area contributed by atoms with Crippen LogP contribution in [0.3, 0.4) is 0 Å². The van der Waals surface area contributed by atoms with Crippen LogP contribution in [-0.4, -0.2) is 62.7 Å². The van der Waals surface area contributed by atoms with E-state index in [-0.39, 0.29) is 23.6 Å². The summed E-state index contributed by atoms with van der Waals surface area (Å²) in [6, 6.07) is 15.1. The summed E-state index contributed by atoms with van der Waals surface area (Å²) < 4.78 is 16.1. The molecule has 0 spiro atoms. The first-order valence-electron chi connectivity index (χ1n) is 12.8. The largest absolute Gasteiger partial charge is 0.501 e. The molecule has 1 aromatic heterocycles. The number of hydrogen-bond acceptors (Lipinski definition) is 6. The number of aryl methyl sites for hydroxylation is 1. The molecular formula is C30H37N3O5. The van der Waals surface area contributed by atoms with Gasteiger partial charge in [0, 0.05) is 37.7 Å². The number of amides is 2. The minimum atomic E-state index is -0.287. The molecular weight excluding hydrogens is 482 g/mol. The van der Waals surface area contributed by atoms with Gasteiger partial charge in [0.25, 0.3) is 11.8 Å². The molecule has 2 aromatic rings. The summed E-state index contributed by atoms with van der Waals surface area (Å²) in [5, 5.41) is 2.93. The molecule has 0 radical (unpaired) electrons. The fourth-order valence-electron chi connectivity index (χ4n) is 4.26. The van der Waals surface area contributed by atoms with Crippen molar-refractivity contribution in [1.82, 2.24) is 15.2 Å². The number of aromatic nitrogens is 1. The molecule has 3 rings (SSSR count). The van der Waals surface area contributed by atoms with Gasteiger partial charge in [-0.05, 0) is 55.5 Å². The van der Waals surface area contributed by atoms with Gasteiger partial charge < -0.3 is 24.4 Å². The number of benzene rings is 1. The van der Waals surface area contributed by atoms with E-state index in [1.807, 2.05) is 24.3 Å². The van der Waals surface area contributed by atoms with E-state index in [2.05, 4.69) is 22.4 Å². The average Bonchev–Trinajstić information content (AvgIpc) is 2.94. The molecule has 1 aliphatic carbocycles. The van der Waals surface area contributed by atoms with Gasteiger partial charge >= 0.3 is 0 Å². The van der Waals surface area contributed by atoms with Crippen LogP contribution in [0.15, 0.2) is 83.9 Å². The van der Waals surface area contributed by atoms with Crippen LogP contribution in [0.1, 0.15) is 41.7 Å². The highest BCUT2D eigenvalue weighted by molar-refractivity contribution is 5.97. The summed E-state index contributed by atoms with van der Waals surface area (Å²) in [4.78, 5) is 32.3. The minimum absolute atomic E-state index is 0.123. The van der Waals surface area contributed by atoms with Gasteiger partial charge in [0.2, 0.25) is 5.88 Å². The van der Waals surface area contributed by atoms with Crippen LogP contribution < -0.4 is 10.1 Å². The summed E-state index contributed by atoms with van der Waals surface area (Å²) in [6.45, 7) is 0.385. The number of allylic oxidation sites excluding steroid dienone is 3. The monoisotopic (exact) mass is 519 g/mol. The van der Waals surface area contributed by atoms with Gasteiger partial charge in [0.1, 0.15) is 11.5 Å². The molecule has 0 saturated carbocycles. The molecule has 202 valence electrons. The Kier molecular flexibility index (Phi) is 11.0. The molecule has 0 aliphatic heterocycles. The van der Waals surface area contributed by atoms with Crippen molar-refractivity contribution in [2.45, 2.75) is 38.1 Å². The van der Waals surface area contributed by atoms with Gasteiger partial charge in [-0.3, -0.25) is 9.59 Å². The van der Waals surface area contributed by atoms with Crippen molar-refractivity contribution >= 4 is 11.8 Å². The number of rotatable bonds is 12. The maximum atomic E-state index is 13.7. The topological polar surface area (TPSA) is 90.0 Å². The molecule has 0 saturated heterocycles. The Labute approximate surface area is 225 Å². The smallest absolute Gasteiger partial charge is 0.270 e. The van der Waals surface area contributed by atoms with Crippen LogP contribution >= 0.6 is 0 Å². The summed E-state index contributed by atoms with van der Waals surface area (Å²) in [7, 11) is 6.53. The second-order valence-corrected chi connectivity index (χ2v) is 8.97. The normalized spacial score (nSPS) is 14.1. The lowest BCUT2D eigenvalue weighted by Gasteiger charge is -2.29. The Morgan fingerprint density at radius 3 is 2.47 bits per heavy atom. The maximum Gasteiger partial charge on any atom is 0.270 e. The van der Waals surface area contributed by atoms with Crippen LogP contribution in [0.2, 0.25) is 0 Å². The lowest BCUT2D eigenvalue weighted by Crippen LogP contribution is -2.40. The van der Waals surface area contributed by atoms with Crippen LogP contribution in [-0.2, 0) is 20.7 Å². The quantitative estimate of drug-likeness (QED) is 0.446. The fourth-order valence-corrected chi connectivity index (χ4v) is 4.26. The minimum Gasteiger partial charge on any atom is -0.501 e. The predicted octanol–water partition coefficient (Wildman–Crippen LogP) is 4.45. The zero-order chi connectivity index (χ0) is 27.3. The van der Waals surface area contributed by atoms with Gasteiger partial charge in [0.15, 0.2) is 0 Å². The maximum absolute atomic E-state index is 13.7. The highest BCUT2D eigenvalue weighted by Gasteiger charge is 2.24. The Balaban J connectivity index is 1.75. The van der Waals surface area contributed by atoms with Gasteiger partial charge in [-0.1, -0.05) is 36.4 Å². The highest BCUT2D eigenvalue weighted by atomic mass is 16.5. The van der Waals surface area contributed by atoms with Crippen molar-refractivity contribution in [1.29, 1.82) is 0 Å². The first-order chi connectivity index (χ1) is 18.4. The van der Waals surface area contributed by atoms with Crippen molar-refractivity contribution in [3.63, 3.8) is 0 Å². The molecule has 1 heterocycles. The third kappa shape index (κ3) is 8.23. The molecule has 38 heavy (non-hydrogen) atoms. The number of ether oxygens (including phenoxy) is 3. The van der Waals surface area contributed by atoms with Crippen molar-refractivity contribution < 1.29 is 23.8 Å². The third-order valence-corrected chi connectivity index (χ3v) is 6.50. The Bertz CT molecular complexity index is 1170. The zero-order valence-electron chi connectivity index (χ0n) is 22.6. The number of carbonyl (C=O) groups excluding carboxylic acids is 2. The number of hydrogen-bond donors (Lipinski definition) is 1. The molecule has 1 unspecified atom stereocenters. The number of carbonyl (C=O) groups is 2. The molecule has 1 aromatic carbocycles. The number of pyridine rings is 1. The summed E-state index contributed by atoms with van der Waals surface area (Å²) in [5.74, 6) is 1.34. The van der Waals surface area contributed by atoms with E-state index in [4.69, 9.17) is 14.2 Å². The van der Waals surface area contributed by atoms with E-state index in [1.54, 1.807) is 56.5 Å². The van der Waals surface area contributed by atoms with Crippen LogP contribution in [0, 0.1) is 0 Å². The van der Waals surface area contributed by atoms with Crippen LogP contribution in [0.5, 0.6) is 5.88 Å². The molecule has 1 atom stereocenters. The van der Waals surface area contributed by atoms with E-state index in [1.165, 1.54) is 12.7 Å². The number of likely N-dealkylation sites (N-methyl/N-ethyl adjacent to an activating group) is 1. The van der Waals surface area contributed by atoms with E-state index in [0.29, 0.717) is 36.6 Å². The Morgan fingerprint density at radius 2 is 1.76 bits per heavy atom. The van der Waals surface area contributed by atoms with Crippen molar-refractivity contribution in [2.24, 2.45) is 0 Å². The molecule has 0 fully saturated rings. The molecule has 8 heteroatoms. The zero-order valence-corrected chi connectivity index (χ0v) is 22.6. The first-order valence-corrected chi connectivity index (χ1v) is 12.8. The van der Waals surface area contributed by atoms with E-state index < -0.39 is 0 Å². The standard InChI is InChI=1S/C30H37N3O5/c1-33(30(35)23-20-25(36-2)12-8-13-26(21-23)37-3)24(17-16-22-10-6-5-7-11-22)18-19-31-29(34)27-14-9-15-28(32-27)38-4/h5-7,9-12,14-15,20-21,24H,8,13,16-19H2,1-4H3,(H,31,34). The second kappa shape index (κ2) is 14.6. The summed E-state index contributed by atoms with van der Waals surface area (Å²) in [5.41, 5.74) is 1.97. The molecule has 1 aliphatic rings. The van der Waals surface area contributed by atoms with Crippen LogP contribution in [0.4, 0.5) is 0 Å². The summed E-state index contributed by atoms with van der Waals surface area (Å²) >= 11 is 0. The van der Waals surface area contributed by atoms with Crippen molar-refractivity contribution in [3.05, 3.63) is 95.1 Å². The van der Waals surface area contributed by atoms with Gasteiger partial charge in [-0.15, -0.1) is 0 Å². The van der Waals surface area contributed by atoms with Crippen LogP contribution in [0.25, 0.3) is 0 Å². The lowest BCUT2D eigenvalue weighted by atomic mass is 10.00. The Hall–Kier alpha value is -4.07. The van der Waals surface area contributed by atoms with Crippen molar-refractivity contribution in [3.8, 4) is 5.88 Å². The summed E-state index contributed by atoms with van der Waals surface area (Å²) in [6.07, 6.45) is 9.05. The Morgan fingerprint density at radius 1 is 0.974 bits per heavy atom.